The normalized spacial score (nSPS) is 13.2. The third-order valence-corrected chi connectivity index (χ3v) is 4.09. The molecule has 0 fully saturated rings. The molecule has 0 amide bonds. The Morgan fingerprint density at radius 2 is 1.61 bits per heavy atom. The lowest BCUT2D eigenvalue weighted by Gasteiger charge is -2.16. The van der Waals surface area contributed by atoms with Crippen molar-refractivity contribution < 1.29 is 20.1 Å². The van der Waals surface area contributed by atoms with Gasteiger partial charge in [0.15, 0.2) is 17.3 Å². The van der Waals surface area contributed by atoms with Crippen LogP contribution in [0.25, 0.3) is 28.0 Å². The quantitative estimate of drug-likeness (QED) is 0.593. The molecule has 0 aromatic heterocycles. The van der Waals surface area contributed by atoms with Gasteiger partial charge >= 0.3 is 0 Å². The van der Waals surface area contributed by atoms with E-state index in [2.05, 4.69) is 0 Å². The molecular weight excluding hydrogens is 292 g/mol. The molecule has 0 bridgehead atoms. The molecule has 4 nitrogen and oxygen atoms in total. The van der Waals surface area contributed by atoms with Crippen LogP contribution in [0.15, 0.2) is 54.3 Å². The summed E-state index contributed by atoms with van der Waals surface area (Å²) in [5.74, 6) is -1.12. The van der Waals surface area contributed by atoms with Crippen LogP contribution in [-0.2, 0) is 0 Å². The Balaban J connectivity index is 2.03. The van der Waals surface area contributed by atoms with Crippen molar-refractivity contribution in [1.82, 2.24) is 0 Å². The Morgan fingerprint density at radius 1 is 0.783 bits per heavy atom. The van der Waals surface area contributed by atoms with Crippen LogP contribution in [0.4, 0.5) is 0 Å². The summed E-state index contributed by atoms with van der Waals surface area (Å²) in [6.45, 7) is 0. The van der Waals surface area contributed by atoms with Crippen molar-refractivity contribution in [3.63, 3.8) is 0 Å². The maximum atomic E-state index is 12.3. The smallest absolute Gasteiger partial charge is 0.227 e. The number of Topliss-reactive ketones (excluding diaryl/α,β-unsaturated/α-hetero) is 1. The molecule has 4 heteroatoms. The van der Waals surface area contributed by atoms with E-state index >= 15 is 0 Å². The number of aliphatic hydroxyl groups excluding tert-OH is 1. The molecule has 23 heavy (non-hydrogen) atoms. The van der Waals surface area contributed by atoms with Gasteiger partial charge in [-0.3, -0.25) is 4.79 Å². The molecule has 0 heterocycles. The molecular formula is C19H12O4. The Bertz CT molecular complexity index is 1020. The van der Waals surface area contributed by atoms with Gasteiger partial charge in [-0.1, -0.05) is 24.3 Å². The molecule has 1 aliphatic carbocycles. The van der Waals surface area contributed by atoms with Crippen LogP contribution >= 0.6 is 0 Å². The van der Waals surface area contributed by atoms with Gasteiger partial charge in [-0.25, -0.2) is 0 Å². The lowest BCUT2D eigenvalue weighted by molar-refractivity contribution is 0.0981. The number of hydrogen-bond donors (Lipinski definition) is 3. The average molecular weight is 304 g/mol. The van der Waals surface area contributed by atoms with Crippen LogP contribution in [-0.4, -0.2) is 21.1 Å². The summed E-state index contributed by atoms with van der Waals surface area (Å²) in [7, 11) is 0. The van der Waals surface area contributed by atoms with E-state index < -0.39 is 5.78 Å². The first-order chi connectivity index (χ1) is 11.0. The zero-order chi connectivity index (χ0) is 16.1. The number of carbonyl (C=O) groups excluding carboxylic acids is 1. The second-order valence-corrected chi connectivity index (χ2v) is 5.53. The Labute approximate surface area is 131 Å². The maximum Gasteiger partial charge on any atom is 0.227 e. The van der Waals surface area contributed by atoms with Gasteiger partial charge in [-0.2, -0.15) is 0 Å². The van der Waals surface area contributed by atoms with E-state index in [0.29, 0.717) is 11.1 Å². The molecule has 3 N–H and O–H groups in total. The topological polar surface area (TPSA) is 77.8 Å². The third kappa shape index (κ3) is 1.96. The minimum Gasteiger partial charge on any atom is -0.504 e. The minimum atomic E-state index is -0.418. The van der Waals surface area contributed by atoms with Gasteiger partial charge in [-0.05, 0) is 52.4 Å². The highest BCUT2D eigenvalue weighted by atomic mass is 16.3. The van der Waals surface area contributed by atoms with Gasteiger partial charge in [-0.15, -0.1) is 0 Å². The molecule has 3 aromatic carbocycles. The largest absolute Gasteiger partial charge is 0.504 e. The Morgan fingerprint density at radius 3 is 2.39 bits per heavy atom. The number of rotatable bonds is 1. The number of benzene rings is 3. The molecule has 112 valence electrons. The second kappa shape index (κ2) is 4.61. The van der Waals surface area contributed by atoms with E-state index in [1.807, 2.05) is 24.3 Å². The molecule has 0 spiro atoms. The van der Waals surface area contributed by atoms with Gasteiger partial charge in [0.2, 0.25) is 5.78 Å². The Hall–Kier alpha value is -3.27. The predicted molar refractivity (Wildman–Crippen MR) is 87.6 cm³/mol. The fraction of sp³-hybridized carbons (Fsp3) is 0. The highest BCUT2D eigenvalue weighted by molar-refractivity contribution is 6.22. The van der Waals surface area contributed by atoms with Gasteiger partial charge < -0.3 is 15.3 Å². The minimum absolute atomic E-state index is 0.199. The van der Waals surface area contributed by atoms with Crippen LogP contribution in [0.1, 0.15) is 15.9 Å². The number of ketones is 1. The molecule has 0 saturated heterocycles. The first-order valence-electron chi connectivity index (χ1n) is 7.09. The number of allylic oxidation sites excluding steroid dienone is 1. The number of hydrogen-bond acceptors (Lipinski definition) is 4. The molecule has 0 unspecified atom stereocenters. The highest BCUT2D eigenvalue weighted by Crippen LogP contribution is 2.36. The summed E-state index contributed by atoms with van der Waals surface area (Å²) >= 11 is 0. The van der Waals surface area contributed by atoms with Crippen molar-refractivity contribution in [2.75, 3.05) is 0 Å². The van der Waals surface area contributed by atoms with Gasteiger partial charge in [0, 0.05) is 10.9 Å². The monoisotopic (exact) mass is 304 g/mol. The van der Waals surface area contributed by atoms with E-state index in [-0.39, 0.29) is 17.3 Å². The zero-order valence-corrected chi connectivity index (χ0v) is 11.9. The summed E-state index contributed by atoms with van der Waals surface area (Å²) in [6, 6.07) is 13.7. The van der Waals surface area contributed by atoms with Gasteiger partial charge in [0.05, 0.1) is 0 Å². The fourth-order valence-corrected chi connectivity index (χ4v) is 2.98. The van der Waals surface area contributed by atoms with E-state index in [9.17, 15) is 20.1 Å². The van der Waals surface area contributed by atoms with Crippen LogP contribution in [0.5, 0.6) is 11.5 Å². The lowest BCUT2D eigenvalue weighted by Crippen LogP contribution is -2.08. The average Bonchev–Trinajstić information content (AvgIpc) is 2.54. The van der Waals surface area contributed by atoms with E-state index in [1.165, 1.54) is 18.2 Å². The molecule has 0 radical (unpaired) electrons. The van der Waals surface area contributed by atoms with Crippen LogP contribution in [0.3, 0.4) is 0 Å². The number of phenols is 2. The summed E-state index contributed by atoms with van der Waals surface area (Å²) < 4.78 is 0. The molecule has 0 aliphatic heterocycles. The molecule has 0 saturated carbocycles. The summed E-state index contributed by atoms with van der Waals surface area (Å²) in [5.41, 5.74) is 2.63. The summed E-state index contributed by atoms with van der Waals surface area (Å²) in [5, 5.41) is 30.7. The van der Waals surface area contributed by atoms with Crippen molar-refractivity contribution in [2.45, 2.75) is 0 Å². The van der Waals surface area contributed by atoms with Crippen molar-refractivity contribution in [2.24, 2.45) is 0 Å². The standard InChI is InChI=1S/C19H12O4/c20-15-5-4-10(8-16(15)21)13-6-11-2-1-3-12-9-17(22)19(23)14(7-13)18(11)12/h1-9,20-22H. The number of carbonyl (C=O) groups is 1. The van der Waals surface area contributed by atoms with Crippen LogP contribution in [0, 0.1) is 0 Å². The summed E-state index contributed by atoms with van der Waals surface area (Å²) in [6.07, 6.45) is 1.48. The van der Waals surface area contributed by atoms with Crippen LogP contribution < -0.4 is 0 Å². The van der Waals surface area contributed by atoms with Crippen molar-refractivity contribution in [1.29, 1.82) is 0 Å². The molecule has 1 aliphatic rings. The number of aromatic hydroxyl groups is 2. The first-order valence-corrected chi connectivity index (χ1v) is 7.09. The van der Waals surface area contributed by atoms with E-state index in [0.717, 1.165) is 21.9 Å². The van der Waals surface area contributed by atoms with Gasteiger partial charge in [0.1, 0.15) is 0 Å². The van der Waals surface area contributed by atoms with Crippen molar-refractivity contribution in [3.8, 4) is 22.6 Å². The van der Waals surface area contributed by atoms with E-state index in [4.69, 9.17) is 0 Å². The first kappa shape index (κ1) is 13.4. The second-order valence-electron chi connectivity index (χ2n) is 5.53. The SMILES string of the molecule is O=C1C(O)=Cc2cccc3cc(-c4ccc(O)c(O)c4)cc1c23. The van der Waals surface area contributed by atoms with Crippen LogP contribution in [0.2, 0.25) is 0 Å². The maximum absolute atomic E-state index is 12.3. The third-order valence-electron chi connectivity index (χ3n) is 4.09. The molecule has 0 atom stereocenters. The fourth-order valence-electron chi connectivity index (χ4n) is 2.98. The van der Waals surface area contributed by atoms with Crippen molar-refractivity contribution >= 4 is 22.6 Å². The van der Waals surface area contributed by atoms with Crippen molar-refractivity contribution in [3.05, 3.63) is 65.4 Å². The summed E-state index contributed by atoms with van der Waals surface area (Å²) in [4.78, 5) is 12.3. The number of aliphatic hydroxyl groups is 1. The Kier molecular flexibility index (Phi) is 2.69. The number of phenolic OH excluding ortho intramolecular Hbond substituents is 2. The van der Waals surface area contributed by atoms with Gasteiger partial charge in [0.25, 0.3) is 0 Å². The van der Waals surface area contributed by atoms with E-state index in [1.54, 1.807) is 12.1 Å². The predicted octanol–water partition coefficient (Wildman–Crippen LogP) is 4.01. The molecule has 4 rings (SSSR count). The zero-order valence-electron chi connectivity index (χ0n) is 11.9. The molecule has 3 aromatic rings. The highest BCUT2D eigenvalue weighted by Gasteiger charge is 2.22. The lowest BCUT2D eigenvalue weighted by atomic mass is 9.88.